The van der Waals surface area contributed by atoms with Crippen LogP contribution in [0.15, 0.2) is 49.1 Å². The maximum atomic E-state index is 10.9. The molecular weight excluding hydrogens is 378 g/mol. The summed E-state index contributed by atoms with van der Waals surface area (Å²) in [5.74, 6) is 0. The van der Waals surface area contributed by atoms with Gasteiger partial charge in [-0.3, -0.25) is 9.27 Å². The van der Waals surface area contributed by atoms with Gasteiger partial charge in [0.1, 0.15) is 12.7 Å². The molecule has 0 fully saturated rings. The van der Waals surface area contributed by atoms with Crippen LogP contribution in [0.5, 0.6) is 0 Å². The Bertz CT molecular complexity index is 1090. The van der Waals surface area contributed by atoms with Crippen molar-refractivity contribution < 1.29 is 13.0 Å². The van der Waals surface area contributed by atoms with Gasteiger partial charge in [0.2, 0.25) is 0 Å². The minimum absolute atomic E-state index is 0.0530. The van der Waals surface area contributed by atoms with Gasteiger partial charge >= 0.3 is 10.3 Å². The van der Waals surface area contributed by atoms with Gasteiger partial charge in [-0.2, -0.15) is 18.8 Å². The fraction of sp³-hybridized carbons (Fsp3) is 0.0625. The Morgan fingerprint density at radius 2 is 2.04 bits per heavy atom. The monoisotopic (exact) mass is 389 g/mol. The molecule has 10 heteroatoms. The standard InChI is InChI=1S/C16H12ClN5O3S/c17-15-6-13(1-2-16(15)21-26(23,24)25)14-4-11(7-18)3-12(5-14)8-22-10-19-9-20-22/h1-6,9-10,21H,8H2,(H,23,24,25). The summed E-state index contributed by atoms with van der Waals surface area (Å²) in [7, 11) is -4.42. The average Bonchev–Trinajstić information content (AvgIpc) is 3.08. The third kappa shape index (κ3) is 4.37. The Hall–Kier alpha value is -2.93. The molecule has 1 heterocycles. The summed E-state index contributed by atoms with van der Waals surface area (Å²) in [4.78, 5) is 3.88. The molecule has 0 bridgehead atoms. The molecule has 132 valence electrons. The van der Waals surface area contributed by atoms with Crippen molar-refractivity contribution in [3.63, 3.8) is 0 Å². The van der Waals surface area contributed by atoms with E-state index in [0.29, 0.717) is 17.7 Å². The van der Waals surface area contributed by atoms with Crippen LogP contribution in [0.4, 0.5) is 5.69 Å². The molecule has 8 nitrogen and oxygen atoms in total. The van der Waals surface area contributed by atoms with Gasteiger partial charge in [0, 0.05) is 0 Å². The second-order valence-corrected chi connectivity index (χ2v) is 6.96. The van der Waals surface area contributed by atoms with Gasteiger partial charge in [0.05, 0.1) is 28.9 Å². The highest BCUT2D eigenvalue weighted by Gasteiger charge is 2.11. The van der Waals surface area contributed by atoms with E-state index in [2.05, 4.69) is 16.2 Å². The smallest absolute Gasteiger partial charge is 0.269 e. The van der Waals surface area contributed by atoms with Gasteiger partial charge in [-0.15, -0.1) is 0 Å². The topological polar surface area (TPSA) is 121 Å². The summed E-state index contributed by atoms with van der Waals surface area (Å²) >= 11 is 6.09. The Kier molecular flexibility index (Phi) is 4.90. The second-order valence-electron chi connectivity index (χ2n) is 5.40. The average molecular weight is 390 g/mol. The lowest BCUT2D eigenvalue weighted by molar-refractivity contribution is 0.489. The zero-order valence-corrected chi connectivity index (χ0v) is 14.7. The lowest BCUT2D eigenvalue weighted by atomic mass is 10.00. The molecule has 2 aromatic carbocycles. The lowest BCUT2D eigenvalue weighted by Crippen LogP contribution is -2.10. The number of nitrogens with zero attached hydrogens (tertiary/aromatic N) is 4. The summed E-state index contributed by atoms with van der Waals surface area (Å²) in [6, 6.07) is 12.1. The number of hydrogen-bond acceptors (Lipinski definition) is 5. The predicted molar refractivity (Wildman–Crippen MR) is 95.9 cm³/mol. The van der Waals surface area contributed by atoms with E-state index in [4.69, 9.17) is 16.2 Å². The number of nitriles is 1. The maximum absolute atomic E-state index is 10.9. The van der Waals surface area contributed by atoms with Crippen LogP contribution in [0.1, 0.15) is 11.1 Å². The Morgan fingerprint density at radius 3 is 2.65 bits per heavy atom. The van der Waals surface area contributed by atoms with Crippen molar-refractivity contribution in [1.29, 1.82) is 5.26 Å². The number of rotatable bonds is 5. The third-order valence-electron chi connectivity index (χ3n) is 3.47. The number of nitrogens with one attached hydrogen (secondary N) is 1. The summed E-state index contributed by atoms with van der Waals surface area (Å²) in [6.45, 7) is 0.443. The van der Waals surface area contributed by atoms with Crippen molar-refractivity contribution in [1.82, 2.24) is 14.8 Å². The molecule has 0 spiro atoms. The lowest BCUT2D eigenvalue weighted by Gasteiger charge is -2.10. The molecule has 0 aliphatic carbocycles. The molecule has 0 saturated carbocycles. The van der Waals surface area contributed by atoms with E-state index in [1.54, 1.807) is 35.3 Å². The second kappa shape index (κ2) is 7.13. The van der Waals surface area contributed by atoms with Crippen LogP contribution in [0.3, 0.4) is 0 Å². The first-order valence-corrected chi connectivity index (χ1v) is 9.07. The quantitative estimate of drug-likeness (QED) is 0.647. The molecule has 3 rings (SSSR count). The highest BCUT2D eigenvalue weighted by Crippen LogP contribution is 2.30. The normalized spacial score (nSPS) is 11.1. The number of halogens is 1. The van der Waals surface area contributed by atoms with Crippen LogP contribution < -0.4 is 4.72 Å². The Balaban J connectivity index is 1.98. The van der Waals surface area contributed by atoms with E-state index in [0.717, 1.165) is 11.1 Å². The number of anilines is 1. The first-order chi connectivity index (χ1) is 12.3. The molecule has 26 heavy (non-hydrogen) atoms. The third-order valence-corrected chi connectivity index (χ3v) is 4.26. The summed E-state index contributed by atoms with van der Waals surface area (Å²) in [5, 5.41) is 13.4. The zero-order chi connectivity index (χ0) is 18.7. The van der Waals surface area contributed by atoms with E-state index in [1.807, 2.05) is 10.8 Å². The molecule has 0 saturated heterocycles. The Labute approximate surface area is 154 Å². The van der Waals surface area contributed by atoms with Crippen LogP contribution in [0.25, 0.3) is 11.1 Å². The molecule has 0 atom stereocenters. The van der Waals surface area contributed by atoms with Gasteiger partial charge in [0.15, 0.2) is 0 Å². The van der Waals surface area contributed by atoms with E-state index >= 15 is 0 Å². The first-order valence-electron chi connectivity index (χ1n) is 7.26. The summed E-state index contributed by atoms with van der Waals surface area (Å²) < 4.78 is 34.3. The first kappa shape index (κ1) is 17.9. The van der Waals surface area contributed by atoms with Gasteiger partial charge in [-0.25, -0.2) is 9.67 Å². The van der Waals surface area contributed by atoms with Gasteiger partial charge < -0.3 is 0 Å². The largest absolute Gasteiger partial charge is 0.357 e. The van der Waals surface area contributed by atoms with Crippen molar-refractivity contribution in [2.45, 2.75) is 6.54 Å². The van der Waals surface area contributed by atoms with Crippen molar-refractivity contribution in [2.24, 2.45) is 0 Å². The minimum Gasteiger partial charge on any atom is -0.269 e. The number of benzene rings is 2. The molecule has 0 amide bonds. The molecule has 0 aliphatic rings. The predicted octanol–water partition coefficient (Wildman–Crippen LogP) is 2.73. The molecule has 0 unspecified atom stereocenters. The maximum Gasteiger partial charge on any atom is 0.357 e. The fourth-order valence-electron chi connectivity index (χ4n) is 2.43. The van der Waals surface area contributed by atoms with E-state index < -0.39 is 10.3 Å². The summed E-state index contributed by atoms with van der Waals surface area (Å²) in [5.41, 5.74) is 2.79. The molecule has 2 N–H and O–H groups in total. The number of aromatic nitrogens is 3. The molecule has 3 aromatic rings. The van der Waals surface area contributed by atoms with Crippen molar-refractivity contribution >= 4 is 27.6 Å². The van der Waals surface area contributed by atoms with Gasteiger partial charge in [-0.1, -0.05) is 17.7 Å². The zero-order valence-electron chi connectivity index (χ0n) is 13.2. The van der Waals surface area contributed by atoms with Crippen LogP contribution in [0.2, 0.25) is 5.02 Å². The van der Waals surface area contributed by atoms with Crippen molar-refractivity contribution in [3.05, 3.63) is 65.2 Å². The van der Waals surface area contributed by atoms with E-state index in [-0.39, 0.29) is 10.7 Å². The summed E-state index contributed by atoms with van der Waals surface area (Å²) in [6.07, 6.45) is 3.00. The van der Waals surface area contributed by atoms with Crippen LogP contribution in [-0.2, 0) is 16.8 Å². The number of hydrogen-bond donors (Lipinski definition) is 2. The minimum atomic E-state index is -4.42. The molecule has 0 aliphatic heterocycles. The van der Waals surface area contributed by atoms with E-state index in [1.165, 1.54) is 12.4 Å². The Morgan fingerprint density at radius 1 is 1.23 bits per heavy atom. The highest BCUT2D eigenvalue weighted by molar-refractivity contribution is 7.87. The SMILES string of the molecule is N#Cc1cc(Cn2cncn2)cc(-c2ccc(NS(=O)(=O)O)c(Cl)c2)c1. The molecule has 0 radical (unpaired) electrons. The van der Waals surface area contributed by atoms with Gasteiger partial charge in [0.25, 0.3) is 0 Å². The fourth-order valence-corrected chi connectivity index (χ4v) is 3.17. The van der Waals surface area contributed by atoms with Crippen LogP contribution >= 0.6 is 11.6 Å². The van der Waals surface area contributed by atoms with Crippen LogP contribution in [-0.4, -0.2) is 27.7 Å². The molecular formula is C16H12ClN5O3S. The molecule has 1 aromatic heterocycles. The van der Waals surface area contributed by atoms with Crippen LogP contribution in [0, 0.1) is 11.3 Å². The van der Waals surface area contributed by atoms with Crippen molar-refractivity contribution in [3.8, 4) is 17.2 Å². The van der Waals surface area contributed by atoms with Crippen molar-refractivity contribution in [2.75, 3.05) is 4.72 Å². The van der Waals surface area contributed by atoms with Gasteiger partial charge in [-0.05, 0) is 47.0 Å². The highest BCUT2D eigenvalue weighted by atomic mass is 35.5. The van der Waals surface area contributed by atoms with E-state index in [9.17, 15) is 13.7 Å².